The molecule has 0 unspecified atom stereocenters. The summed E-state index contributed by atoms with van der Waals surface area (Å²) in [4.78, 5) is 17.5. The van der Waals surface area contributed by atoms with Gasteiger partial charge in [0.25, 0.3) is 0 Å². The Balaban J connectivity index is 1.33. The maximum absolute atomic E-state index is 13.0. The second kappa shape index (κ2) is 8.95. The third-order valence-electron chi connectivity index (χ3n) is 6.17. The summed E-state index contributed by atoms with van der Waals surface area (Å²) in [6.07, 6.45) is 12.2. The van der Waals surface area contributed by atoms with Crippen molar-refractivity contribution in [3.63, 3.8) is 0 Å². The van der Waals surface area contributed by atoms with Gasteiger partial charge in [0.05, 0.1) is 18.7 Å². The van der Waals surface area contributed by atoms with Gasteiger partial charge < -0.3 is 4.74 Å². The predicted molar refractivity (Wildman–Crippen MR) is 126 cm³/mol. The molecule has 2 heterocycles. The van der Waals surface area contributed by atoms with Crippen LogP contribution in [0.2, 0.25) is 0 Å². The first-order valence-corrected chi connectivity index (χ1v) is 11.3. The van der Waals surface area contributed by atoms with Crippen molar-refractivity contribution in [3.8, 4) is 16.9 Å². The van der Waals surface area contributed by atoms with Gasteiger partial charge in [-0.25, -0.2) is 0 Å². The Kier molecular flexibility index (Phi) is 5.71. The van der Waals surface area contributed by atoms with E-state index < -0.39 is 0 Å². The number of nitrogens with zero attached hydrogens (tertiary/aromatic N) is 3. The Bertz CT molecular complexity index is 1250. The molecule has 0 radical (unpaired) electrons. The molecule has 0 amide bonds. The summed E-state index contributed by atoms with van der Waals surface area (Å²) in [6, 6.07) is 15.8. The number of hydrogen-bond acceptors (Lipinski definition) is 4. The number of carbonyl (C=O) groups excluding carboxylic acids is 1. The molecule has 1 aliphatic carbocycles. The van der Waals surface area contributed by atoms with Gasteiger partial charge in [-0.05, 0) is 60.9 Å². The lowest BCUT2D eigenvalue weighted by atomic mass is 9.97. The lowest BCUT2D eigenvalue weighted by Crippen LogP contribution is -2.19. The van der Waals surface area contributed by atoms with E-state index in [4.69, 9.17) is 4.74 Å². The van der Waals surface area contributed by atoms with E-state index in [0.29, 0.717) is 5.56 Å². The van der Waals surface area contributed by atoms with Crippen LogP contribution in [0.3, 0.4) is 0 Å². The molecule has 32 heavy (non-hydrogen) atoms. The Hall–Kier alpha value is -3.47. The predicted octanol–water partition coefficient (Wildman–Crippen LogP) is 5.77. The van der Waals surface area contributed by atoms with Crippen molar-refractivity contribution in [1.82, 2.24) is 14.8 Å². The standard InChI is InChI=1S/C27H27N3O2/c1-30-18-23(17-29-30)19-10-11-21-16-28-24(13-22(21)12-19)15-27(31)20-6-5-9-26(14-20)32-25-7-3-2-4-8-25/h5-6,9-14,16-18,25H,2-4,7-8,15H2,1H3. The van der Waals surface area contributed by atoms with Crippen LogP contribution in [0.15, 0.2) is 67.1 Å². The van der Waals surface area contributed by atoms with Gasteiger partial charge in [-0.15, -0.1) is 0 Å². The maximum atomic E-state index is 13.0. The van der Waals surface area contributed by atoms with Crippen LogP contribution in [0.5, 0.6) is 5.75 Å². The van der Waals surface area contributed by atoms with Gasteiger partial charge >= 0.3 is 0 Å². The van der Waals surface area contributed by atoms with Gasteiger partial charge in [0.15, 0.2) is 5.78 Å². The Morgan fingerprint density at radius 2 is 1.88 bits per heavy atom. The SMILES string of the molecule is Cn1cc(-c2ccc3cnc(CC(=O)c4cccc(OC5CCCCC5)c4)cc3c2)cn1. The number of aryl methyl sites for hydroxylation is 1. The van der Waals surface area contributed by atoms with Crippen LogP contribution in [0.4, 0.5) is 0 Å². The number of rotatable bonds is 6. The van der Waals surface area contributed by atoms with Crippen LogP contribution < -0.4 is 4.74 Å². The van der Waals surface area contributed by atoms with Crippen LogP contribution in [-0.4, -0.2) is 26.7 Å². The van der Waals surface area contributed by atoms with E-state index in [2.05, 4.69) is 28.3 Å². The molecule has 0 spiro atoms. The average Bonchev–Trinajstić information content (AvgIpc) is 3.26. The molecule has 1 aliphatic rings. The van der Waals surface area contributed by atoms with Crippen LogP contribution in [0.1, 0.15) is 48.2 Å². The number of pyridine rings is 1. The summed E-state index contributed by atoms with van der Waals surface area (Å²) < 4.78 is 7.93. The number of benzene rings is 2. The molecule has 0 bridgehead atoms. The fraction of sp³-hybridized carbons (Fsp3) is 0.296. The third-order valence-corrected chi connectivity index (χ3v) is 6.17. The van der Waals surface area contributed by atoms with Gasteiger partial charge in [0, 0.05) is 41.6 Å². The number of aromatic nitrogens is 3. The van der Waals surface area contributed by atoms with Crippen molar-refractivity contribution < 1.29 is 9.53 Å². The minimum Gasteiger partial charge on any atom is -0.490 e. The summed E-state index contributed by atoms with van der Waals surface area (Å²) in [6.45, 7) is 0. The van der Waals surface area contributed by atoms with E-state index in [0.717, 1.165) is 46.2 Å². The number of Topliss-reactive ketones (excluding diaryl/α,β-unsaturated/α-hetero) is 1. The molecule has 2 aromatic carbocycles. The van der Waals surface area contributed by atoms with Crippen molar-refractivity contribution in [3.05, 3.63) is 78.4 Å². The maximum Gasteiger partial charge on any atom is 0.168 e. The quantitative estimate of drug-likeness (QED) is 0.368. The van der Waals surface area contributed by atoms with Gasteiger partial charge in [0.2, 0.25) is 0 Å². The Labute approximate surface area is 188 Å². The summed E-state index contributed by atoms with van der Waals surface area (Å²) in [5.41, 5.74) is 3.61. The second-order valence-corrected chi connectivity index (χ2v) is 8.65. The molecule has 0 N–H and O–H groups in total. The Morgan fingerprint density at radius 3 is 2.69 bits per heavy atom. The van der Waals surface area contributed by atoms with Crippen LogP contribution in [-0.2, 0) is 13.5 Å². The Morgan fingerprint density at radius 1 is 1.00 bits per heavy atom. The molecule has 4 aromatic rings. The topological polar surface area (TPSA) is 57.0 Å². The minimum atomic E-state index is 0.0503. The number of hydrogen-bond donors (Lipinski definition) is 0. The molecule has 0 aliphatic heterocycles. The monoisotopic (exact) mass is 425 g/mol. The van der Waals surface area contributed by atoms with Gasteiger partial charge in [-0.1, -0.05) is 30.7 Å². The van der Waals surface area contributed by atoms with Gasteiger partial charge in [0.1, 0.15) is 5.75 Å². The average molecular weight is 426 g/mol. The highest BCUT2D eigenvalue weighted by atomic mass is 16.5. The highest BCUT2D eigenvalue weighted by Gasteiger charge is 2.16. The van der Waals surface area contributed by atoms with E-state index in [1.807, 2.05) is 56.0 Å². The molecule has 2 aromatic heterocycles. The smallest absolute Gasteiger partial charge is 0.168 e. The normalized spacial score (nSPS) is 14.5. The first-order valence-electron chi connectivity index (χ1n) is 11.3. The molecule has 1 fully saturated rings. The van der Waals surface area contributed by atoms with E-state index in [1.165, 1.54) is 19.3 Å². The summed E-state index contributed by atoms with van der Waals surface area (Å²) >= 11 is 0. The first kappa shape index (κ1) is 20.4. The van der Waals surface area contributed by atoms with E-state index in [-0.39, 0.29) is 18.3 Å². The molecule has 0 atom stereocenters. The highest BCUT2D eigenvalue weighted by molar-refractivity contribution is 5.98. The molecule has 5 heteroatoms. The lowest BCUT2D eigenvalue weighted by molar-refractivity contribution is 0.0990. The number of carbonyl (C=O) groups is 1. The third kappa shape index (κ3) is 4.57. The van der Waals surface area contributed by atoms with Crippen molar-refractivity contribution in [2.45, 2.75) is 44.6 Å². The number of ketones is 1. The van der Waals surface area contributed by atoms with Gasteiger partial charge in [-0.2, -0.15) is 5.10 Å². The largest absolute Gasteiger partial charge is 0.490 e. The molecular formula is C27H27N3O2. The summed E-state index contributed by atoms with van der Waals surface area (Å²) in [5.74, 6) is 0.838. The van der Waals surface area contributed by atoms with E-state index in [9.17, 15) is 4.79 Å². The van der Waals surface area contributed by atoms with Crippen molar-refractivity contribution in [2.75, 3.05) is 0 Å². The minimum absolute atomic E-state index is 0.0503. The fourth-order valence-corrected chi connectivity index (χ4v) is 4.42. The zero-order chi connectivity index (χ0) is 21.9. The van der Waals surface area contributed by atoms with Crippen molar-refractivity contribution in [2.24, 2.45) is 7.05 Å². The number of ether oxygens (including phenoxy) is 1. The lowest BCUT2D eigenvalue weighted by Gasteiger charge is -2.23. The molecule has 1 saturated carbocycles. The molecule has 5 rings (SSSR count). The van der Waals surface area contributed by atoms with Crippen LogP contribution >= 0.6 is 0 Å². The zero-order valence-electron chi connectivity index (χ0n) is 18.3. The van der Waals surface area contributed by atoms with Gasteiger partial charge in [-0.3, -0.25) is 14.5 Å². The second-order valence-electron chi connectivity index (χ2n) is 8.65. The van der Waals surface area contributed by atoms with Crippen LogP contribution in [0, 0.1) is 0 Å². The molecule has 162 valence electrons. The van der Waals surface area contributed by atoms with Crippen molar-refractivity contribution >= 4 is 16.6 Å². The van der Waals surface area contributed by atoms with Crippen LogP contribution in [0.25, 0.3) is 21.9 Å². The fourth-order valence-electron chi connectivity index (χ4n) is 4.42. The highest BCUT2D eigenvalue weighted by Crippen LogP contribution is 2.26. The molecular weight excluding hydrogens is 398 g/mol. The molecule has 0 saturated heterocycles. The summed E-state index contributed by atoms with van der Waals surface area (Å²) in [7, 11) is 1.91. The number of fused-ring (bicyclic) bond motifs is 1. The summed E-state index contributed by atoms with van der Waals surface area (Å²) in [5, 5.41) is 6.38. The zero-order valence-corrected chi connectivity index (χ0v) is 18.3. The van der Waals surface area contributed by atoms with E-state index >= 15 is 0 Å². The molecule has 5 nitrogen and oxygen atoms in total. The first-order chi connectivity index (χ1) is 15.6. The van der Waals surface area contributed by atoms with Crippen molar-refractivity contribution in [1.29, 1.82) is 0 Å². The van der Waals surface area contributed by atoms with E-state index in [1.54, 1.807) is 4.68 Å².